The molecule has 1 aromatic carbocycles. The summed E-state index contributed by atoms with van der Waals surface area (Å²) in [4.78, 5) is 10.6. The van der Waals surface area contributed by atoms with E-state index >= 15 is 0 Å². The maximum Gasteiger partial charge on any atom is 0.191 e. The molecule has 2 aromatic rings. The van der Waals surface area contributed by atoms with Crippen LogP contribution in [-0.2, 0) is 11.2 Å². The Balaban J connectivity index is 1.44. The van der Waals surface area contributed by atoms with Crippen molar-refractivity contribution in [1.29, 1.82) is 0 Å². The molecule has 148 valence electrons. The van der Waals surface area contributed by atoms with Crippen LogP contribution in [0, 0.1) is 6.92 Å². The Hall–Kier alpha value is -2.05. The molecule has 0 amide bonds. The Labute approximate surface area is 162 Å². The van der Waals surface area contributed by atoms with Crippen LogP contribution in [0.4, 0.5) is 0 Å². The zero-order valence-corrected chi connectivity index (χ0v) is 16.7. The average molecular weight is 372 g/mol. The van der Waals surface area contributed by atoms with Crippen LogP contribution < -0.4 is 10.6 Å². The van der Waals surface area contributed by atoms with Gasteiger partial charge in [-0.15, -0.1) is 0 Å². The Morgan fingerprint density at radius 3 is 2.93 bits per heavy atom. The molecule has 0 radical (unpaired) electrons. The summed E-state index contributed by atoms with van der Waals surface area (Å²) in [5, 5.41) is 8.12. The first-order valence-corrected chi connectivity index (χ1v) is 10.1. The van der Waals surface area contributed by atoms with E-state index < -0.39 is 0 Å². The van der Waals surface area contributed by atoms with E-state index in [-0.39, 0.29) is 0 Å². The number of guanidine groups is 1. The molecule has 3 rings (SSSR count). The summed E-state index contributed by atoms with van der Waals surface area (Å²) in [5.41, 5.74) is 3.85. The zero-order valence-electron chi connectivity index (χ0n) is 16.7. The van der Waals surface area contributed by atoms with Gasteiger partial charge in [0, 0.05) is 56.4 Å². The van der Waals surface area contributed by atoms with Crippen LogP contribution in [-0.4, -0.2) is 68.3 Å². The molecule has 0 unspecified atom stereocenters. The van der Waals surface area contributed by atoms with E-state index in [1.54, 1.807) is 0 Å². The second kappa shape index (κ2) is 10.3. The molecule has 1 aromatic heterocycles. The van der Waals surface area contributed by atoms with Crippen molar-refractivity contribution in [3.8, 4) is 0 Å². The van der Waals surface area contributed by atoms with E-state index in [9.17, 15) is 0 Å². The van der Waals surface area contributed by atoms with Crippen molar-refractivity contribution in [3.63, 3.8) is 0 Å². The van der Waals surface area contributed by atoms with E-state index in [4.69, 9.17) is 9.73 Å². The van der Waals surface area contributed by atoms with Gasteiger partial charge in [0.15, 0.2) is 5.96 Å². The Kier molecular flexibility index (Phi) is 7.54. The van der Waals surface area contributed by atoms with Crippen molar-refractivity contribution in [3.05, 3.63) is 35.5 Å². The fraction of sp³-hybridized carbons (Fsp3) is 0.571. The van der Waals surface area contributed by atoms with Crippen molar-refractivity contribution >= 4 is 16.9 Å². The number of fused-ring (bicyclic) bond motifs is 1. The van der Waals surface area contributed by atoms with Gasteiger partial charge in [0.2, 0.25) is 0 Å². The van der Waals surface area contributed by atoms with Crippen LogP contribution in [0.5, 0.6) is 0 Å². The number of nitrogens with zero attached hydrogens (tertiary/aromatic N) is 2. The van der Waals surface area contributed by atoms with Crippen molar-refractivity contribution in [2.45, 2.75) is 26.7 Å². The molecule has 0 spiro atoms. The summed E-state index contributed by atoms with van der Waals surface area (Å²) in [6, 6.07) is 6.58. The van der Waals surface area contributed by atoms with Crippen LogP contribution in [0.25, 0.3) is 10.9 Å². The number of aryl methyl sites for hydroxylation is 1. The third-order valence-corrected chi connectivity index (χ3v) is 4.96. The van der Waals surface area contributed by atoms with E-state index in [0.29, 0.717) is 0 Å². The minimum absolute atomic E-state index is 0.846. The van der Waals surface area contributed by atoms with Crippen LogP contribution in [0.15, 0.2) is 29.4 Å². The second-order valence-electron chi connectivity index (χ2n) is 7.11. The Morgan fingerprint density at radius 1 is 1.26 bits per heavy atom. The maximum atomic E-state index is 5.39. The standard InChI is InChI=1S/C21H33N5O/c1-3-22-21(23-8-4-10-26-11-13-27-14-12-26)24-9-7-18-16-25-20-15-17(2)5-6-19(18)20/h5-6,15-16,25H,3-4,7-14H2,1-2H3,(H2,22,23,24). The number of morpholine rings is 1. The van der Waals surface area contributed by atoms with Crippen LogP contribution >= 0.6 is 0 Å². The third-order valence-electron chi connectivity index (χ3n) is 4.96. The first-order valence-electron chi connectivity index (χ1n) is 10.1. The number of ether oxygens (including phenoxy) is 1. The van der Waals surface area contributed by atoms with Crippen LogP contribution in [0.2, 0.25) is 0 Å². The lowest BCUT2D eigenvalue weighted by atomic mass is 10.1. The Bertz CT molecular complexity index is 733. The topological polar surface area (TPSA) is 64.7 Å². The number of hydrogen-bond acceptors (Lipinski definition) is 3. The van der Waals surface area contributed by atoms with Crippen molar-refractivity contribution in [1.82, 2.24) is 20.5 Å². The SMILES string of the molecule is CCNC(=NCCCN1CCOCC1)NCCc1c[nH]c2cc(C)ccc12. The van der Waals surface area contributed by atoms with Gasteiger partial charge in [0.1, 0.15) is 0 Å². The molecule has 0 saturated carbocycles. The molecule has 1 aliphatic heterocycles. The molecule has 6 nitrogen and oxygen atoms in total. The second-order valence-corrected chi connectivity index (χ2v) is 7.11. The van der Waals surface area contributed by atoms with E-state index in [2.05, 4.69) is 58.8 Å². The number of aromatic nitrogens is 1. The van der Waals surface area contributed by atoms with Crippen molar-refractivity contribution < 1.29 is 4.74 Å². The summed E-state index contributed by atoms with van der Waals surface area (Å²) in [5.74, 6) is 0.912. The summed E-state index contributed by atoms with van der Waals surface area (Å²) in [6.45, 7) is 11.7. The molecule has 1 saturated heterocycles. The largest absolute Gasteiger partial charge is 0.379 e. The number of hydrogen-bond donors (Lipinski definition) is 3. The number of rotatable bonds is 8. The number of nitrogens with one attached hydrogen (secondary N) is 3. The van der Waals surface area contributed by atoms with Gasteiger partial charge in [0.25, 0.3) is 0 Å². The number of aliphatic imine (C=N–C) groups is 1. The van der Waals surface area contributed by atoms with Gasteiger partial charge >= 0.3 is 0 Å². The van der Waals surface area contributed by atoms with Gasteiger partial charge in [-0.1, -0.05) is 12.1 Å². The molecule has 1 fully saturated rings. The highest BCUT2D eigenvalue weighted by molar-refractivity contribution is 5.84. The summed E-state index contributed by atoms with van der Waals surface area (Å²) in [7, 11) is 0. The molecule has 6 heteroatoms. The molecule has 0 atom stereocenters. The highest BCUT2D eigenvalue weighted by Gasteiger charge is 2.09. The summed E-state index contributed by atoms with van der Waals surface area (Å²) in [6.07, 6.45) is 4.18. The van der Waals surface area contributed by atoms with Gasteiger partial charge in [-0.25, -0.2) is 0 Å². The quantitative estimate of drug-likeness (QED) is 0.378. The van der Waals surface area contributed by atoms with Crippen LogP contribution in [0.3, 0.4) is 0 Å². The predicted octanol–water partition coefficient (Wildman–Crippen LogP) is 2.30. The fourth-order valence-corrected chi connectivity index (χ4v) is 3.47. The van der Waals surface area contributed by atoms with Gasteiger partial charge in [-0.05, 0) is 43.9 Å². The molecular weight excluding hydrogens is 338 g/mol. The minimum Gasteiger partial charge on any atom is -0.379 e. The van der Waals surface area contributed by atoms with Gasteiger partial charge < -0.3 is 20.4 Å². The third kappa shape index (κ3) is 5.97. The van der Waals surface area contributed by atoms with Gasteiger partial charge in [-0.3, -0.25) is 9.89 Å². The first-order chi connectivity index (χ1) is 13.3. The minimum atomic E-state index is 0.846. The normalized spacial score (nSPS) is 16.0. The molecule has 2 heterocycles. The molecule has 1 aliphatic rings. The lowest BCUT2D eigenvalue weighted by molar-refractivity contribution is 0.0377. The Morgan fingerprint density at radius 2 is 2.11 bits per heavy atom. The summed E-state index contributed by atoms with van der Waals surface area (Å²) < 4.78 is 5.39. The highest BCUT2D eigenvalue weighted by atomic mass is 16.5. The monoisotopic (exact) mass is 371 g/mol. The molecule has 0 bridgehead atoms. The fourth-order valence-electron chi connectivity index (χ4n) is 3.47. The lowest BCUT2D eigenvalue weighted by Crippen LogP contribution is -2.39. The molecule has 27 heavy (non-hydrogen) atoms. The van der Waals surface area contributed by atoms with E-state index in [0.717, 1.165) is 71.3 Å². The smallest absolute Gasteiger partial charge is 0.191 e. The van der Waals surface area contributed by atoms with Gasteiger partial charge in [-0.2, -0.15) is 0 Å². The van der Waals surface area contributed by atoms with E-state index in [1.807, 2.05) is 0 Å². The average Bonchev–Trinajstić information content (AvgIpc) is 3.08. The molecule has 0 aliphatic carbocycles. The maximum absolute atomic E-state index is 5.39. The first kappa shape index (κ1) is 19.7. The zero-order chi connectivity index (χ0) is 18.9. The lowest BCUT2D eigenvalue weighted by Gasteiger charge is -2.26. The summed E-state index contributed by atoms with van der Waals surface area (Å²) >= 11 is 0. The van der Waals surface area contributed by atoms with Crippen molar-refractivity contribution in [2.24, 2.45) is 4.99 Å². The van der Waals surface area contributed by atoms with E-state index in [1.165, 1.54) is 22.0 Å². The molecule has 3 N–H and O–H groups in total. The number of benzene rings is 1. The predicted molar refractivity (Wildman–Crippen MR) is 113 cm³/mol. The number of aromatic amines is 1. The highest BCUT2D eigenvalue weighted by Crippen LogP contribution is 2.19. The van der Waals surface area contributed by atoms with Crippen molar-refractivity contribution in [2.75, 3.05) is 52.5 Å². The van der Waals surface area contributed by atoms with Gasteiger partial charge in [0.05, 0.1) is 13.2 Å². The molecular formula is C21H33N5O. The number of H-pyrrole nitrogens is 1. The van der Waals surface area contributed by atoms with Crippen LogP contribution in [0.1, 0.15) is 24.5 Å².